The molecule has 0 bridgehead atoms. The number of morpholine rings is 1. The Hall–Kier alpha value is -5.21. The van der Waals surface area contributed by atoms with E-state index in [1.807, 2.05) is 37.5 Å². The second-order valence-corrected chi connectivity index (χ2v) is 9.37. The summed E-state index contributed by atoms with van der Waals surface area (Å²) in [6.07, 6.45) is 8.09. The third kappa shape index (κ3) is 9.69. The van der Waals surface area contributed by atoms with E-state index in [2.05, 4.69) is 25.1 Å². The number of nitrogens with zero attached hydrogens (tertiary/aromatic N) is 7. The van der Waals surface area contributed by atoms with E-state index >= 15 is 0 Å². The minimum Gasteiger partial charge on any atom is -0.489 e. The van der Waals surface area contributed by atoms with Gasteiger partial charge in [-0.1, -0.05) is 18.2 Å². The molecule has 224 valence electrons. The topological polar surface area (TPSA) is 175 Å². The molecule has 0 saturated carbocycles. The lowest BCUT2D eigenvalue weighted by molar-refractivity contribution is -0.134. The maximum absolute atomic E-state index is 12.4. The van der Waals surface area contributed by atoms with Gasteiger partial charge in [-0.15, -0.1) is 0 Å². The van der Waals surface area contributed by atoms with Gasteiger partial charge in [0, 0.05) is 62.2 Å². The number of hydrogen-bond acceptors (Lipinski definition) is 10. The highest BCUT2D eigenvalue weighted by Gasteiger charge is 2.11. The lowest BCUT2D eigenvalue weighted by Gasteiger charge is -2.26. The summed E-state index contributed by atoms with van der Waals surface area (Å²) >= 11 is 0. The van der Waals surface area contributed by atoms with Crippen molar-refractivity contribution in [2.75, 3.05) is 39.5 Å². The first-order valence-electron chi connectivity index (χ1n) is 13.3. The van der Waals surface area contributed by atoms with Gasteiger partial charge in [0.1, 0.15) is 6.61 Å². The van der Waals surface area contributed by atoms with Gasteiger partial charge in [-0.3, -0.25) is 14.4 Å². The maximum atomic E-state index is 12.4. The molecule has 0 aliphatic carbocycles. The van der Waals surface area contributed by atoms with Crippen LogP contribution in [-0.4, -0.2) is 96.0 Å². The summed E-state index contributed by atoms with van der Waals surface area (Å²) in [5.41, 5.74) is 3.17. The van der Waals surface area contributed by atoms with Crippen LogP contribution in [0, 0.1) is 0 Å². The summed E-state index contributed by atoms with van der Waals surface area (Å²) in [6.45, 7) is 5.19. The van der Waals surface area contributed by atoms with E-state index in [1.165, 1.54) is 10.7 Å². The van der Waals surface area contributed by atoms with Crippen LogP contribution in [0.5, 0.6) is 5.75 Å². The van der Waals surface area contributed by atoms with Crippen LogP contribution in [0.3, 0.4) is 0 Å². The van der Waals surface area contributed by atoms with Crippen molar-refractivity contribution in [1.29, 1.82) is 0 Å². The van der Waals surface area contributed by atoms with Gasteiger partial charge >= 0.3 is 11.9 Å². The normalized spacial score (nSPS) is 13.3. The van der Waals surface area contributed by atoms with Gasteiger partial charge in [0.25, 0.3) is 5.56 Å². The largest absolute Gasteiger partial charge is 0.489 e. The Bertz CT molecular complexity index is 1590. The fourth-order valence-electron chi connectivity index (χ4n) is 4.05. The van der Waals surface area contributed by atoms with Gasteiger partial charge in [0.15, 0.2) is 11.6 Å². The Morgan fingerprint density at radius 2 is 1.72 bits per heavy atom. The molecule has 1 aromatic carbocycles. The van der Waals surface area contributed by atoms with Crippen LogP contribution in [0.2, 0.25) is 0 Å². The van der Waals surface area contributed by atoms with Crippen LogP contribution in [0.25, 0.3) is 22.6 Å². The van der Waals surface area contributed by atoms with E-state index in [0.29, 0.717) is 42.6 Å². The third-order valence-electron chi connectivity index (χ3n) is 6.16. The highest BCUT2D eigenvalue weighted by molar-refractivity contribution is 5.89. The van der Waals surface area contributed by atoms with Crippen LogP contribution in [0.1, 0.15) is 5.56 Å². The van der Waals surface area contributed by atoms with E-state index in [9.17, 15) is 14.4 Å². The van der Waals surface area contributed by atoms with Crippen LogP contribution in [0.15, 0.2) is 78.1 Å². The number of carbonyl (C=O) groups is 2. The van der Waals surface area contributed by atoms with Gasteiger partial charge in [-0.25, -0.2) is 24.2 Å². The molecule has 3 aromatic heterocycles. The van der Waals surface area contributed by atoms with Crippen molar-refractivity contribution < 1.29 is 29.3 Å². The summed E-state index contributed by atoms with van der Waals surface area (Å²) in [4.78, 5) is 42.8. The Labute approximate surface area is 246 Å². The number of benzene rings is 1. The average molecular weight is 590 g/mol. The number of hydrogen-bond donors (Lipinski definition) is 2. The van der Waals surface area contributed by atoms with Gasteiger partial charge in [0.05, 0.1) is 44.0 Å². The second-order valence-electron chi connectivity index (χ2n) is 9.37. The first-order valence-corrected chi connectivity index (χ1v) is 13.3. The molecule has 4 aromatic rings. The van der Waals surface area contributed by atoms with Crippen LogP contribution in [0.4, 0.5) is 0 Å². The molecule has 0 amide bonds. The first kappa shape index (κ1) is 30.7. The number of ether oxygens (including phenoxy) is 2. The molecule has 5 rings (SSSR count). The molecule has 0 spiro atoms. The molecule has 0 unspecified atom stereocenters. The quantitative estimate of drug-likeness (QED) is 0.256. The number of aryl methyl sites for hydroxylation is 1. The molecule has 1 aliphatic rings. The monoisotopic (exact) mass is 589 g/mol. The van der Waals surface area contributed by atoms with Gasteiger partial charge in [0.2, 0.25) is 0 Å². The van der Waals surface area contributed by atoms with Crippen molar-refractivity contribution in [3.8, 4) is 28.4 Å². The first-order chi connectivity index (χ1) is 20.8. The maximum Gasteiger partial charge on any atom is 0.328 e. The molecule has 14 nitrogen and oxygen atoms in total. The summed E-state index contributed by atoms with van der Waals surface area (Å²) in [5.74, 6) is -1.28. The van der Waals surface area contributed by atoms with Gasteiger partial charge in [-0.05, 0) is 17.7 Å². The lowest BCUT2D eigenvalue weighted by Crippen LogP contribution is -2.38. The summed E-state index contributed by atoms with van der Waals surface area (Å²) in [5, 5.41) is 24.3. The second kappa shape index (κ2) is 15.1. The van der Waals surface area contributed by atoms with Crippen molar-refractivity contribution in [1.82, 2.24) is 34.4 Å². The molecule has 4 heterocycles. The van der Waals surface area contributed by atoms with Crippen molar-refractivity contribution in [2.45, 2.75) is 6.54 Å². The summed E-state index contributed by atoms with van der Waals surface area (Å²) in [7, 11) is 1.84. The fraction of sp³-hybridized carbons (Fsp3) is 0.276. The molecule has 0 radical (unpaired) electrons. The number of aromatic nitrogens is 6. The number of rotatable bonds is 10. The zero-order chi connectivity index (χ0) is 30.6. The Morgan fingerprint density at radius 3 is 2.37 bits per heavy atom. The Kier molecular flexibility index (Phi) is 10.8. The van der Waals surface area contributed by atoms with Crippen LogP contribution in [-0.2, 0) is 27.9 Å². The van der Waals surface area contributed by atoms with Crippen LogP contribution >= 0.6 is 0 Å². The number of carboxylic acid groups (broad SMARTS) is 2. The molecular formula is C29H31N7O7. The molecule has 14 heteroatoms. The SMILES string of the molecule is Cn1cc(-c2ccc(=O)n(Cc3cccc(-c4ncc(OCCN5CCOCC5)cn4)c3)n2)cn1.O=C(O)/C=C/C(=O)O. The molecular weight excluding hydrogens is 558 g/mol. The Balaban J connectivity index is 0.000000467. The highest BCUT2D eigenvalue weighted by Crippen LogP contribution is 2.19. The molecule has 1 saturated heterocycles. The van der Waals surface area contributed by atoms with Crippen molar-refractivity contribution in [2.24, 2.45) is 7.05 Å². The summed E-state index contributed by atoms with van der Waals surface area (Å²) < 4.78 is 14.3. The number of carboxylic acids is 2. The summed E-state index contributed by atoms with van der Waals surface area (Å²) in [6, 6.07) is 11.0. The zero-order valence-electron chi connectivity index (χ0n) is 23.4. The minimum absolute atomic E-state index is 0.169. The van der Waals surface area contributed by atoms with Crippen molar-refractivity contribution in [3.63, 3.8) is 0 Å². The van der Waals surface area contributed by atoms with Gasteiger partial charge < -0.3 is 19.7 Å². The van der Waals surface area contributed by atoms with E-state index in [4.69, 9.17) is 19.7 Å². The van der Waals surface area contributed by atoms with E-state index in [1.54, 1.807) is 29.3 Å². The predicted octanol–water partition coefficient (Wildman–Crippen LogP) is 1.57. The zero-order valence-corrected chi connectivity index (χ0v) is 23.4. The highest BCUT2D eigenvalue weighted by atomic mass is 16.5. The molecule has 1 fully saturated rings. The molecule has 2 N–H and O–H groups in total. The van der Waals surface area contributed by atoms with Gasteiger partial charge in [-0.2, -0.15) is 10.2 Å². The molecule has 0 atom stereocenters. The third-order valence-corrected chi connectivity index (χ3v) is 6.16. The predicted molar refractivity (Wildman–Crippen MR) is 154 cm³/mol. The van der Waals surface area contributed by atoms with E-state index in [-0.39, 0.29) is 5.56 Å². The van der Waals surface area contributed by atoms with E-state index in [0.717, 1.165) is 49.5 Å². The lowest BCUT2D eigenvalue weighted by atomic mass is 10.1. The van der Waals surface area contributed by atoms with Crippen molar-refractivity contribution in [3.05, 3.63) is 89.3 Å². The van der Waals surface area contributed by atoms with Crippen LogP contribution < -0.4 is 10.3 Å². The molecule has 1 aliphatic heterocycles. The van der Waals surface area contributed by atoms with Crippen molar-refractivity contribution >= 4 is 11.9 Å². The smallest absolute Gasteiger partial charge is 0.328 e. The molecule has 43 heavy (non-hydrogen) atoms. The average Bonchev–Trinajstić information content (AvgIpc) is 3.45. The fourth-order valence-corrected chi connectivity index (χ4v) is 4.05. The minimum atomic E-state index is -1.26. The van der Waals surface area contributed by atoms with E-state index < -0.39 is 11.9 Å². The number of aliphatic carboxylic acids is 2. The Morgan fingerprint density at radius 1 is 1.00 bits per heavy atom. The standard InChI is InChI=1S/C25H27N7O3.C4H4O4/c1-30-18-21(14-28-30)23-5-6-24(33)32(29-23)17-19-3-2-4-20(13-19)25-26-15-22(16-27-25)35-12-9-31-7-10-34-11-8-31;5-3(6)1-2-4(7)8/h2-6,13-16,18H,7-12,17H2,1H3;1-2H,(H,5,6)(H,7,8)/b;2-1+.